The van der Waals surface area contributed by atoms with Crippen molar-refractivity contribution in [1.82, 2.24) is 15.2 Å². The number of hydrogen-bond acceptors (Lipinski definition) is 5. The van der Waals surface area contributed by atoms with Crippen LogP contribution in [0.15, 0.2) is 60.0 Å². The molecule has 3 heterocycles. The fraction of sp³-hybridized carbons (Fsp3) is 0.300. The van der Waals surface area contributed by atoms with Gasteiger partial charge in [-0.15, -0.1) is 0 Å². The third-order valence-electron chi connectivity index (χ3n) is 4.86. The molecule has 1 aromatic carbocycles. The smallest absolute Gasteiger partial charge is 0.269 e. The predicted molar refractivity (Wildman–Crippen MR) is 98.6 cm³/mol. The summed E-state index contributed by atoms with van der Waals surface area (Å²) >= 11 is 0. The number of hydrogen-bond donors (Lipinski definition) is 1. The molecule has 0 spiro atoms. The molecule has 0 bridgehead atoms. The SMILES string of the molecule is O=C(NCc1cccnc1)C1=NO[C@@H]2CN(C(=O)Cc3ccccc3)C[C@H]12. The molecule has 0 radical (unpaired) electrons. The third kappa shape index (κ3) is 3.81. The Kier molecular flexibility index (Phi) is 4.82. The number of nitrogens with zero attached hydrogens (tertiary/aromatic N) is 3. The van der Waals surface area contributed by atoms with Gasteiger partial charge >= 0.3 is 0 Å². The van der Waals surface area contributed by atoms with E-state index in [0.29, 0.717) is 31.8 Å². The second-order valence-corrected chi connectivity index (χ2v) is 6.73. The number of benzene rings is 1. The predicted octanol–water partition coefficient (Wildman–Crippen LogP) is 1.15. The number of carbonyl (C=O) groups excluding carboxylic acids is 2. The Balaban J connectivity index is 1.34. The first-order valence-corrected chi connectivity index (χ1v) is 8.93. The van der Waals surface area contributed by atoms with E-state index in [-0.39, 0.29) is 23.8 Å². The molecule has 1 fully saturated rings. The number of oxime groups is 1. The number of nitrogens with one attached hydrogen (secondary N) is 1. The van der Waals surface area contributed by atoms with E-state index < -0.39 is 0 Å². The molecule has 2 atom stereocenters. The van der Waals surface area contributed by atoms with Crippen LogP contribution in [0.2, 0.25) is 0 Å². The maximum atomic E-state index is 12.6. The molecule has 27 heavy (non-hydrogen) atoms. The molecular formula is C20H20N4O3. The number of amides is 2. The Labute approximate surface area is 157 Å². The standard InChI is InChI=1S/C20H20N4O3/c25-18(9-14-5-2-1-3-6-14)24-12-16-17(13-24)27-23-19(16)20(26)22-11-15-7-4-8-21-10-15/h1-8,10,16-17H,9,11-13H2,(H,22,26)/t16-,17+/m0/s1. The molecular weight excluding hydrogens is 344 g/mol. The van der Waals surface area contributed by atoms with Gasteiger partial charge in [0.05, 0.1) is 18.9 Å². The van der Waals surface area contributed by atoms with E-state index in [1.807, 2.05) is 42.5 Å². The molecule has 7 nitrogen and oxygen atoms in total. The Hall–Kier alpha value is -3.22. The summed E-state index contributed by atoms with van der Waals surface area (Å²) in [4.78, 5) is 36.2. The summed E-state index contributed by atoms with van der Waals surface area (Å²) in [6.45, 7) is 1.29. The summed E-state index contributed by atoms with van der Waals surface area (Å²) in [7, 11) is 0. The van der Waals surface area contributed by atoms with Gasteiger partial charge in [-0.1, -0.05) is 41.6 Å². The third-order valence-corrected chi connectivity index (χ3v) is 4.86. The molecule has 2 amide bonds. The lowest BCUT2D eigenvalue weighted by Crippen LogP contribution is -2.37. The lowest BCUT2D eigenvalue weighted by Gasteiger charge is -2.16. The second kappa shape index (κ2) is 7.57. The molecule has 0 aliphatic carbocycles. The van der Waals surface area contributed by atoms with E-state index in [1.54, 1.807) is 17.3 Å². The van der Waals surface area contributed by atoms with Crippen molar-refractivity contribution in [2.75, 3.05) is 13.1 Å². The van der Waals surface area contributed by atoms with Gasteiger partial charge in [0.25, 0.3) is 5.91 Å². The number of rotatable bonds is 5. The zero-order chi connectivity index (χ0) is 18.6. The Morgan fingerprint density at radius 3 is 2.70 bits per heavy atom. The lowest BCUT2D eigenvalue weighted by molar-refractivity contribution is -0.130. The second-order valence-electron chi connectivity index (χ2n) is 6.73. The van der Waals surface area contributed by atoms with E-state index >= 15 is 0 Å². The van der Waals surface area contributed by atoms with Gasteiger partial charge in [-0.05, 0) is 17.2 Å². The number of pyridine rings is 1. The van der Waals surface area contributed by atoms with Gasteiger partial charge in [0.1, 0.15) is 0 Å². The molecule has 1 N–H and O–H groups in total. The van der Waals surface area contributed by atoms with E-state index in [4.69, 9.17) is 4.84 Å². The summed E-state index contributed by atoms with van der Waals surface area (Å²) in [5, 5.41) is 6.81. The number of fused-ring (bicyclic) bond motifs is 1. The first-order valence-electron chi connectivity index (χ1n) is 8.93. The van der Waals surface area contributed by atoms with E-state index in [0.717, 1.165) is 11.1 Å². The van der Waals surface area contributed by atoms with Gasteiger partial charge in [0.2, 0.25) is 5.91 Å². The fourth-order valence-electron chi connectivity index (χ4n) is 3.41. The van der Waals surface area contributed by atoms with E-state index in [1.165, 1.54) is 0 Å². The highest BCUT2D eigenvalue weighted by molar-refractivity contribution is 6.40. The van der Waals surface area contributed by atoms with Crippen molar-refractivity contribution in [2.24, 2.45) is 11.1 Å². The quantitative estimate of drug-likeness (QED) is 0.863. The van der Waals surface area contributed by atoms with Crippen LogP contribution < -0.4 is 5.32 Å². The molecule has 7 heteroatoms. The molecule has 0 saturated carbocycles. The first-order chi connectivity index (χ1) is 13.2. The number of likely N-dealkylation sites (tertiary alicyclic amines) is 1. The minimum absolute atomic E-state index is 0.0364. The number of aromatic nitrogens is 1. The lowest BCUT2D eigenvalue weighted by atomic mass is 10.0. The van der Waals surface area contributed by atoms with Crippen molar-refractivity contribution >= 4 is 17.5 Å². The summed E-state index contributed by atoms with van der Waals surface area (Å²) in [5.74, 6) is -0.406. The van der Waals surface area contributed by atoms with Crippen LogP contribution in [0.25, 0.3) is 0 Å². The minimum Gasteiger partial charge on any atom is -0.389 e. The zero-order valence-electron chi connectivity index (χ0n) is 14.7. The van der Waals surface area contributed by atoms with Gasteiger partial charge in [-0.3, -0.25) is 14.6 Å². The molecule has 2 aliphatic rings. The Morgan fingerprint density at radius 2 is 1.93 bits per heavy atom. The average Bonchev–Trinajstić information content (AvgIpc) is 3.28. The molecule has 1 saturated heterocycles. The molecule has 2 aromatic rings. The van der Waals surface area contributed by atoms with Crippen LogP contribution in [0.3, 0.4) is 0 Å². The van der Waals surface area contributed by atoms with Gasteiger partial charge in [0, 0.05) is 25.5 Å². The molecule has 1 aromatic heterocycles. The van der Waals surface area contributed by atoms with Crippen LogP contribution in [-0.2, 0) is 27.4 Å². The van der Waals surface area contributed by atoms with Crippen molar-refractivity contribution in [3.05, 3.63) is 66.0 Å². The first kappa shape index (κ1) is 17.2. The van der Waals surface area contributed by atoms with Crippen molar-refractivity contribution in [1.29, 1.82) is 0 Å². The highest BCUT2D eigenvalue weighted by atomic mass is 16.6. The summed E-state index contributed by atoms with van der Waals surface area (Å²) in [6.07, 6.45) is 3.49. The molecule has 0 unspecified atom stereocenters. The summed E-state index contributed by atoms with van der Waals surface area (Å²) in [5.41, 5.74) is 2.25. The summed E-state index contributed by atoms with van der Waals surface area (Å²) in [6, 6.07) is 13.3. The van der Waals surface area contributed by atoms with Crippen LogP contribution in [-0.4, -0.2) is 46.6 Å². The van der Waals surface area contributed by atoms with Gasteiger partial charge in [-0.2, -0.15) is 0 Å². The van der Waals surface area contributed by atoms with Crippen LogP contribution >= 0.6 is 0 Å². The maximum absolute atomic E-state index is 12.6. The van der Waals surface area contributed by atoms with Gasteiger partial charge in [-0.25, -0.2) is 0 Å². The van der Waals surface area contributed by atoms with Gasteiger partial charge in [0.15, 0.2) is 11.8 Å². The normalized spacial score (nSPS) is 20.6. The topological polar surface area (TPSA) is 83.9 Å². The monoisotopic (exact) mass is 364 g/mol. The van der Waals surface area contributed by atoms with Crippen molar-refractivity contribution in [2.45, 2.75) is 19.1 Å². The van der Waals surface area contributed by atoms with Crippen LogP contribution in [0.4, 0.5) is 0 Å². The van der Waals surface area contributed by atoms with E-state index in [2.05, 4.69) is 15.5 Å². The molecule has 138 valence electrons. The largest absolute Gasteiger partial charge is 0.389 e. The van der Waals surface area contributed by atoms with Crippen molar-refractivity contribution in [3.63, 3.8) is 0 Å². The fourth-order valence-corrected chi connectivity index (χ4v) is 3.41. The molecule has 2 aliphatic heterocycles. The average molecular weight is 364 g/mol. The highest BCUT2D eigenvalue weighted by Gasteiger charge is 2.46. The molecule has 4 rings (SSSR count). The van der Waals surface area contributed by atoms with Crippen molar-refractivity contribution in [3.8, 4) is 0 Å². The Bertz CT molecular complexity index is 854. The van der Waals surface area contributed by atoms with Crippen molar-refractivity contribution < 1.29 is 14.4 Å². The summed E-state index contributed by atoms with van der Waals surface area (Å²) < 4.78 is 0. The maximum Gasteiger partial charge on any atom is 0.269 e. The van der Waals surface area contributed by atoms with Crippen LogP contribution in [0, 0.1) is 5.92 Å². The van der Waals surface area contributed by atoms with E-state index in [9.17, 15) is 9.59 Å². The zero-order valence-corrected chi connectivity index (χ0v) is 14.7. The van der Waals surface area contributed by atoms with Crippen LogP contribution in [0.5, 0.6) is 0 Å². The van der Waals surface area contributed by atoms with Crippen LogP contribution in [0.1, 0.15) is 11.1 Å². The highest BCUT2D eigenvalue weighted by Crippen LogP contribution is 2.27. The number of carbonyl (C=O) groups is 2. The minimum atomic E-state index is -0.260. The Morgan fingerprint density at radius 1 is 1.11 bits per heavy atom. The van der Waals surface area contributed by atoms with Gasteiger partial charge < -0.3 is 15.1 Å².